The number of rotatable bonds is 1. The summed E-state index contributed by atoms with van der Waals surface area (Å²) in [6, 6.07) is 1.71. The van der Waals surface area contributed by atoms with Crippen molar-refractivity contribution in [1.82, 2.24) is 0 Å². The molecular weight excluding hydrogens is 198 g/mol. The van der Waals surface area contributed by atoms with Crippen molar-refractivity contribution in [3.63, 3.8) is 0 Å². The maximum absolute atomic E-state index is 12.6. The predicted molar refractivity (Wildman–Crippen MR) is 44.0 cm³/mol. The van der Waals surface area contributed by atoms with Gasteiger partial charge in [0.1, 0.15) is 5.82 Å². The van der Waals surface area contributed by atoms with Gasteiger partial charge >= 0.3 is 6.18 Å². The summed E-state index contributed by atoms with van der Waals surface area (Å²) in [7, 11) is 0. The van der Waals surface area contributed by atoms with Gasteiger partial charge < -0.3 is 5.73 Å². The van der Waals surface area contributed by atoms with Gasteiger partial charge in [-0.2, -0.15) is 13.2 Å². The first kappa shape index (κ1) is 11.0. The third-order valence-electron chi connectivity index (χ3n) is 1.81. The van der Waals surface area contributed by atoms with E-state index in [4.69, 9.17) is 5.73 Å². The van der Waals surface area contributed by atoms with Crippen molar-refractivity contribution in [3.05, 3.63) is 35.1 Å². The summed E-state index contributed by atoms with van der Waals surface area (Å²) in [6.07, 6.45) is -4.56. The second-order valence-corrected chi connectivity index (χ2v) is 3.02. The molecule has 0 aliphatic carbocycles. The predicted octanol–water partition coefficient (Wildman–Crippen LogP) is 2.86. The molecule has 0 bridgehead atoms. The lowest BCUT2D eigenvalue weighted by molar-refractivity contribution is -0.138. The average Bonchev–Trinajstić information content (AvgIpc) is 2.01. The molecule has 0 aromatic heterocycles. The van der Waals surface area contributed by atoms with Crippen molar-refractivity contribution in [2.75, 3.05) is 0 Å². The van der Waals surface area contributed by atoms with Crippen LogP contribution >= 0.6 is 0 Å². The van der Waals surface area contributed by atoms with Gasteiger partial charge in [0.25, 0.3) is 0 Å². The minimum atomic E-state index is -4.56. The zero-order valence-corrected chi connectivity index (χ0v) is 7.40. The topological polar surface area (TPSA) is 26.0 Å². The number of benzene rings is 1. The van der Waals surface area contributed by atoms with Gasteiger partial charge in [-0.05, 0) is 24.6 Å². The Morgan fingerprint density at radius 3 is 2.29 bits per heavy atom. The van der Waals surface area contributed by atoms with Gasteiger partial charge in [-0.15, -0.1) is 0 Å². The molecule has 0 unspecified atom stereocenters. The van der Waals surface area contributed by atoms with Crippen molar-refractivity contribution in [2.24, 2.45) is 5.73 Å². The summed E-state index contributed by atoms with van der Waals surface area (Å²) in [5.41, 5.74) is 4.23. The van der Waals surface area contributed by atoms with Crippen LogP contribution in [-0.4, -0.2) is 0 Å². The second kappa shape index (κ2) is 3.57. The average molecular weight is 207 g/mol. The molecule has 78 valence electrons. The Labute approximate surface area is 78.5 Å². The van der Waals surface area contributed by atoms with Crippen LogP contribution in [0.2, 0.25) is 0 Å². The molecule has 0 heterocycles. The van der Waals surface area contributed by atoms with Crippen molar-refractivity contribution in [3.8, 4) is 0 Å². The smallest absolute Gasteiger partial charge is 0.324 e. The molecule has 5 heteroatoms. The van der Waals surface area contributed by atoms with Gasteiger partial charge in [0.2, 0.25) is 0 Å². The number of hydrogen-bond donors (Lipinski definition) is 1. The maximum Gasteiger partial charge on any atom is 0.416 e. The largest absolute Gasteiger partial charge is 0.416 e. The summed E-state index contributed by atoms with van der Waals surface area (Å²) >= 11 is 0. The van der Waals surface area contributed by atoms with Gasteiger partial charge in [0, 0.05) is 6.04 Å². The van der Waals surface area contributed by atoms with Gasteiger partial charge in [-0.3, -0.25) is 0 Å². The van der Waals surface area contributed by atoms with Crippen LogP contribution in [0.5, 0.6) is 0 Å². The molecular formula is C9H9F4N. The number of nitrogens with two attached hydrogens (primary N) is 1. The summed E-state index contributed by atoms with van der Waals surface area (Å²) in [5, 5.41) is 0. The highest BCUT2D eigenvalue weighted by Gasteiger charge is 2.34. The van der Waals surface area contributed by atoms with Gasteiger partial charge in [-0.1, -0.05) is 6.07 Å². The third kappa shape index (κ3) is 2.23. The summed E-state index contributed by atoms with van der Waals surface area (Å²) in [6.45, 7) is 1.42. The van der Waals surface area contributed by atoms with E-state index in [1.807, 2.05) is 0 Å². The molecule has 0 fully saturated rings. The van der Waals surface area contributed by atoms with E-state index in [0.717, 1.165) is 12.1 Å². The van der Waals surface area contributed by atoms with E-state index in [9.17, 15) is 17.6 Å². The van der Waals surface area contributed by atoms with E-state index in [1.165, 1.54) is 6.92 Å². The fourth-order valence-electron chi connectivity index (χ4n) is 1.17. The highest BCUT2D eigenvalue weighted by molar-refractivity contribution is 5.32. The molecule has 0 radical (unpaired) electrons. The number of alkyl halides is 3. The fraction of sp³-hybridized carbons (Fsp3) is 0.333. The van der Waals surface area contributed by atoms with E-state index >= 15 is 0 Å². The molecule has 0 saturated carbocycles. The normalized spacial score (nSPS) is 14.1. The molecule has 1 aromatic rings. The first-order chi connectivity index (χ1) is 6.32. The highest BCUT2D eigenvalue weighted by atomic mass is 19.4. The zero-order chi connectivity index (χ0) is 10.9. The lowest BCUT2D eigenvalue weighted by Crippen LogP contribution is -2.15. The zero-order valence-electron chi connectivity index (χ0n) is 7.40. The maximum atomic E-state index is 12.6. The molecule has 0 aliphatic heterocycles. The molecule has 0 amide bonds. The minimum Gasteiger partial charge on any atom is -0.324 e. The van der Waals surface area contributed by atoms with E-state index in [0.29, 0.717) is 6.07 Å². The first-order valence-electron chi connectivity index (χ1n) is 3.94. The van der Waals surface area contributed by atoms with E-state index in [2.05, 4.69) is 0 Å². The van der Waals surface area contributed by atoms with Crippen molar-refractivity contribution < 1.29 is 17.6 Å². The van der Waals surface area contributed by atoms with E-state index in [1.54, 1.807) is 0 Å². The molecule has 1 nitrogen and oxygen atoms in total. The van der Waals surface area contributed by atoms with Crippen molar-refractivity contribution in [1.29, 1.82) is 0 Å². The Hall–Kier alpha value is -1.10. The Morgan fingerprint density at radius 1 is 1.29 bits per heavy atom. The van der Waals surface area contributed by atoms with Gasteiger partial charge in [-0.25, -0.2) is 4.39 Å². The minimum absolute atomic E-state index is 0.0982. The Morgan fingerprint density at radius 2 is 1.86 bits per heavy atom. The SMILES string of the molecule is C[C@@H](N)c1ccc(F)cc1C(F)(F)F. The molecule has 14 heavy (non-hydrogen) atoms. The summed E-state index contributed by atoms with van der Waals surface area (Å²) in [5.74, 6) is -0.915. The molecule has 0 spiro atoms. The lowest BCUT2D eigenvalue weighted by Gasteiger charge is -2.15. The van der Waals surface area contributed by atoms with Crippen molar-refractivity contribution >= 4 is 0 Å². The quantitative estimate of drug-likeness (QED) is 0.704. The van der Waals surface area contributed by atoms with E-state index in [-0.39, 0.29) is 5.56 Å². The number of halogens is 4. The van der Waals surface area contributed by atoms with Crippen LogP contribution in [0.3, 0.4) is 0 Å². The Bertz CT molecular complexity index is 330. The lowest BCUT2D eigenvalue weighted by atomic mass is 10.0. The highest BCUT2D eigenvalue weighted by Crippen LogP contribution is 2.34. The van der Waals surface area contributed by atoms with Crippen LogP contribution in [-0.2, 0) is 6.18 Å². The Kier molecular flexibility index (Phi) is 2.80. The van der Waals surface area contributed by atoms with Crippen LogP contribution < -0.4 is 5.73 Å². The second-order valence-electron chi connectivity index (χ2n) is 3.02. The molecule has 0 aliphatic rings. The van der Waals surface area contributed by atoms with Crippen LogP contribution in [0, 0.1) is 5.82 Å². The number of hydrogen-bond acceptors (Lipinski definition) is 1. The van der Waals surface area contributed by atoms with Crippen LogP contribution in [0.1, 0.15) is 24.1 Å². The van der Waals surface area contributed by atoms with Crippen LogP contribution in [0.4, 0.5) is 17.6 Å². The molecule has 1 aromatic carbocycles. The Balaban J connectivity index is 3.30. The fourth-order valence-corrected chi connectivity index (χ4v) is 1.17. The van der Waals surface area contributed by atoms with Gasteiger partial charge in [0.05, 0.1) is 5.56 Å². The molecule has 1 atom stereocenters. The monoisotopic (exact) mass is 207 g/mol. The van der Waals surface area contributed by atoms with Crippen molar-refractivity contribution in [2.45, 2.75) is 19.1 Å². The first-order valence-corrected chi connectivity index (χ1v) is 3.94. The summed E-state index contributed by atoms with van der Waals surface area (Å²) in [4.78, 5) is 0. The standard InChI is InChI=1S/C9H9F4N/c1-5(14)7-3-2-6(10)4-8(7)9(11,12)13/h2-5H,14H2,1H3/t5-/m1/s1. The molecule has 0 saturated heterocycles. The van der Waals surface area contributed by atoms with Crippen LogP contribution in [0.25, 0.3) is 0 Å². The van der Waals surface area contributed by atoms with Crippen LogP contribution in [0.15, 0.2) is 18.2 Å². The summed E-state index contributed by atoms with van der Waals surface area (Å²) < 4.78 is 49.7. The van der Waals surface area contributed by atoms with E-state index < -0.39 is 23.6 Å². The van der Waals surface area contributed by atoms with Gasteiger partial charge in [0.15, 0.2) is 0 Å². The third-order valence-corrected chi connectivity index (χ3v) is 1.81. The molecule has 2 N–H and O–H groups in total. The molecule has 1 rings (SSSR count).